The highest BCUT2D eigenvalue weighted by Crippen LogP contribution is 2.15. The SMILES string of the molecule is O=C(NCc1ccnc(N2CCOCC2)c1)Nc1cccc(Cn2cccnc2=O)c1. The molecule has 3 heterocycles. The van der Waals surface area contributed by atoms with Gasteiger partial charge in [-0.3, -0.25) is 4.57 Å². The number of urea groups is 1. The van der Waals surface area contributed by atoms with E-state index in [1.165, 1.54) is 10.8 Å². The summed E-state index contributed by atoms with van der Waals surface area (Å²) in [4.78, 5) is 34.5. The fourth-order valence-corrected chi connectivity index (χ4v) is 3.35. The van der Waals surface area contributed by atoms with Crippen LogP contribution in [0.4, 0.5) is 16.3 Å². The summed E-state index contributed by atoms with van der Waals surface area (Å²) in [7, 11) is 0. The first-order valence-electron chi connectivity index (χ1n) is 10.1. The van der Waals surface area contributed by atoms with E-state index < -0.39 is 0 Å². The summed E-state index contributed by atoms with van der Waals surface area (Å²) in [5, 5.41) is 5.70. The number of benzene rings is 1. The Labute approximate surface area is 179 Å². The molecule has 1 saturated heterocycles. The number of aromatic nitrogens is 3. The first kappa shape index (κ1) is 20.5. The summed E-state index contributed by atoms with van der Waals surface area (Å²) in [5.74, 6) is 0.890. The number of rotatable bonds is 6. The van der Waals surface area contributed by atoms with Crippen LogP contribution in [0.2, 0.25) is 0 Å². The van der Waals surface area contributed by atoms with Gasteiger partial charge in [0.25, 0.3) is 0 Å². The molecule has 0 bridgehead atoms. The lowest BCUT2D eigenvalue weighted by Crippen LogP contribution is -2.36. The van der Waals surface area contributed by atoms with Crippen molar-refractivity contribution in [3.63, 3.8) is 0 Å². The van der Waals surface area contributed by atoms with Crippen molar-refractivity contribution in [2.75, 3.05) is 36.5 Å². The third kappa shape index (κ3) is 5.67. The molecule has 1 aliphatic rings. The average Bonchev–Trinajstić information content (AvgIpc) is 2.80. The standard InChI is InChI=1S/C22H24N6O3/c29-21(25-15-17-5-7-23-20(14-17)27-9-11-31-12-10-27)26-19-4-1-3-18(13-19)16-28-8-2-6-24-22(28)30/h1-8,13-14H,9-12,15-16H2,(H2,25,26,29). The van der Waals surface area contributed by atoms with Gasteiger partial charge in [-0.05, 0) is 41.5 Å². The van der Waals surface area contributed by atoms with Crippen LogP contribution >= 0.6 is 0 Å². The molecule has 0 radical (unpaired) electrons. The van der Waals surface area contributed by atoms with E-state index in [1.807, 2.05) is 30.3 Å². The van der Waals surface area contributed by atoms with Crippen LogP contribution in [-0.2, 0) is 17.8 Å². The Morgan fingerprint density at radius 2 is 1.90 bits per heavy atom. The molecule has 0 unspecified atom stereocenters. The summed E-state index contributed by atoms with van der Waals surface area (Å²) in [6, 6.07) is 12.6. The van der Waals surface area contributed by atoms with Gasteiger partial charge in [-0.2, -0.15) is 0 Å². The number of hydrogen-bond donors (Lipinski definition) is 2. The second-order valence-corrected chi connectivity index (χ2v) is 7.16. The number of pyridine rings is 1. The number of amides is 2. The highest BCUT2D eigenvalue weighted by molar-refractivity contribution is 5.89. The summed E-state index contributed by atoms with van der Waals surface area (Å²) in [6.07, 6.45) is 4.90. The fraction of sp³-hybridized carbons (Fsp3) is 0.273. The molecule has 2 N–H and O–H groups in total. The van der Waals surface area contributed by atoms with Crippen molar-refractivity contribution < 1.29 is 9.53 Å². The Bertz CT molecular complexity index is 1090. The number of carbonyl (C=O) groups is 1. The van der Waals surface area contributed by atoms with Crippen LogP contribution in [0.3, 0.4) is 0 Å². The number of hydrogen-bond acceptors (Lipinski definition) is 6. The minimum atomic E-state index is -0.313. The van der Waals surface area contributed by atoms with Crippen LogP contribution in [0.1, 0.15) is 11.1 Å². The van der Waals surface area contributed by atoms with Crippen LogP contribution in [0.15, 0.2) is 65.8 Å². The summed E-state index contributed by atoms with van der Waals surface area (Å²) in [6.45, 7) is 3.78. The molecule has 2 aromatic heterocycles. The molecular formula is C22H24N6O3. The molecule has 9 heteroatoms. The lowest BCUT2D eigenvalue weighted by Gasteiger charge is -2.28. The van der Waals surface area contributed by atoms with Crippen LogP contribution < -0.4 is 21.2 Å². The van der Waals surface area contributed by atoms with Crippen LogP contribution in [0.5, 0.6) is 0 Å². The lowest BCUT2D eigenvalue weighted by atomic mass is 10.2. The molecule has 1 aromatic carbocycles. The maximum Gasteiger partial charge on any atom is 0.347 e. The lowest BCUT2D eigenvalue weighted by molar-refractivity contribution is 0.122. The molecular weight excluding hydrogens is 396 g/mol. The largest absolute Gasteiger partial charge is 0.378 e. The molecule has 1 fully saturated rings. The Hall–Kier alpha value is -3.72. The van der Waals surface area contributed by atoms with Crippen molar-refractivity contribution in [3.8, 4) is 0 Å². The van der Waals surface area contributed by atoms with Crippen molar-refractivity contribution in [2.45, 2.75) is 13.1 Å². The Balaban J connectivity index is 1.33. The number of nitrogens with zero attached hydrogens (tertiary/aromatic N) is 4. The first-order valence-corrected chi connectivity index (χ1v) is 10.1. The zero-order chi connectivity index (χ0) is 21.5. The van der Waals surface area contributed by atoms with Crippen LogP contribution in [0.25, 0.3) is 0 Å². The number of ether oxygens (including phenoxy) is 1. The molecule has 3 aromatic rings. The summed E-state index contributed by atoms with van der Waals surface area (Å²) >= 11 is 0. The topological polar surface area (TPSA) is 101 Å². The van der Waals surface area contributed by atoms with Gasteiger partial charge in [-0.25, -0.2) is 19.6 Å². The van der Waals surface area contributed by atoms with Crippen molar-refractivity contribution in [3.05, 3.63) is 82.7 Å². The highest BCUT2D eigenvalue weighted by atomic mass is 16.5. The van der Waals surface area contributed by atoms with Crippen LogP contribution in [-0.4, -0.2) is 46.9 Å². The van der Waals surface area contributed by atoms with E-state index in [9.17, 15) is 9.59 Å². The van der Waals surface area contributed by atoms with Crippen molar-refractivity contribution in [2.24, 2.45) is 0 Å². The van der Waals surface area contributed by atoms with E-state index >= 15 is 0 Å². The second kappa shape index (κ2) is 9.86. The molecule has 0 saturated carbocycles. The number of morpholine rings is 1. The van der Waals surface area contributed by atoms with Gasteiger partial charge in [0.05, 0.1) is 19.8 Å². The van der Waals surface area contributed by atoms with Crippen molar-refractivity contribution in [1.29, 1.82) is 0 Å². The molecule has 31 heavy (non-hydrogen) atoms. The molecule has 0 atom stereocenters. The van der Waals surface area contributed by atoms with Gasteiger partial charge in [0.2, 0.25) is 0 Å². The second-order valence-electron chi connectivity index (χ2n) is 7.16. The summed E-state index contributed by atoms with van der Waals surface area (Å²) < 4.78 is 6.89. The molecule has 2 amide bonds. The normalized spacial score (nSPS) is 13.6. The van der Waals surface area contributed by atoms with E-state index in [1.54, 1.807) is 24.5 Å². The van der Waals surface area contributed by atoms with Gasteiger partial charge < -0.3 is 20.3 Å². The van der Waals surface area contributed by atoms with E-state index in [0.717, 1.165) is 30.0 Å². The monoisotopic (exact) mass is 420 g/mol. The number of carbonyl (C=O) groups excluding carboxylic acids is 1. The van der Waals surface area contributed by atoms with Gasteiger partial charge in [-0.1, -0.05) is 12.1 Å². The average molecular weight is 420 g/mol. The first-order chi connectivity index (χ1) is 15.2. The van der Waals surface area contributed by atoms with Crippen molar-refractivity contribution >= 4 is 17.5 Å². The minimum absolute atomic E-state index is 0.305. The number of nitrogens with one attached hydrogen (secondary N) is 2. The molecule has 1 aliphatic heterocycles. The molecule has 0 aliphatic carbocycles. The third-order valence-electron chi connectivity index (χ3n) is 4.92. The molecule has 9 nitrogen and oxygen atoms in total. The predicted octanol–water partition coefficient (Wildman–Crippen LogP) is 1.84. The summed E-state index contributed by atoms with van der Waals surface area (Å²) in [5.41, 5.74) is 2.19. The van der Waals surface area contributed by atoms with Gasteiger partial charge in [0, 0.05) is 43.9 Å². The van der Waals surface area contributed by atoms with Crippen molar-refractivity contribution in [1.82, 2.24) is 19.9 Å². The minimum Gasteiger partial charge on any atom is -0.378 e. The zero-order valence-corrected chi connectivity index (χ0v) is 17.0. The van der Waals surface area contributed by atoms with Gasteiger partial charge >= 0.3 is 11.7 Å². The Morgan fingerprint density at radius 1 is 1.03 bits per heavy atom. The zero-order valence-electron chi connectivity index (χ0n) is 17.0. The number of anilines is 2. The Morgan fingerprint density at radius 3 is 2.74 bits per heavy atom. The molecule has 0 spiro atoms. The predicted molar refractivity (Wildman–Crippen MR) is 117 cm³/mol. The van der Waals surface area contributed by atoms with Gasteiger partial charge in [0.15, 0.2) is 0 Å². The van der Waals surface area contributed by atoms with E-state index in [-0.39, 0.29) is 11.7 Å². The van der Waals surface area contributed by atoms with Crippen LogP contribution in [0, 0.1) is 0 Å². The molecule has 4 rings (SSSR count). The van der Waals surface area contributed by atoms with Gasteiger partial charge in [-0.15, -0.1) is 0 Å². The third-order valence-corrected chi connectivity index (χ3v) is 4.92. The van der Waals surface area contributed by atoms with E-state index in [0.29, 0.717) is 32.0 Å². The molecule has 160 valence electrons. The maximum absolute atomic E-state index is 12.4. The van der Waals surface area contributed by atoms with Gasteiger partial charge in [0.1, 0.15) is 5.82 Å². The maximum atomic E-state index is 12.4. The highest BCUT2D eigenvalue weighted by Gasteiger charge is 2.12. The smallest absolute Gasteiger partial charge is 0.347 e. The quantitative estimate of drug-likeness (QED) is 0.631. The van der Waals surface area contributed by atoms with E-state index in [2.05, 4.69) is 25.5 Å². The fourth-order valence-electron chi connectivity index (χ4n) is 3.35. The van der Waals surface area contributed by atoms with E-state index in [4.69, 9.17) is 4.74 Å². The Kier molecular flexibility index (Phi) is 6.53.